The van der Waals surface area contributed by atoms with Gasteiger partial charge < -0.3 is 5.11 Å². The van der Waals surface area contributed by atoms with Crippen LogP contribution in [-0.4, -0.2) is 40.4 Å². The van der Waals surface area contributed by atoms with Gasteiger partial charge in [0.1, 0.15) is 0 Å². The number of nitro benzene ring substituents is 1. The second kappa shape index (κ2) is 9.14. The second-order valence-corrected chi connectivity index (χ2v) is 7.83. The van der Waals surface area contributed by atoms with Crippen LogP contribution in [0, 0.1) is 10.1 Å². The lowest BCUT2D eigenvalue weighted by Crippen LogP contribution is -2.53. The fraction of sp³-hybridized carbons (Fsp3) is 0.364. The van der Waals surface area contributed by atoms with Crippen LogP contribution >= 0.6 is 0 Å². The molecule has 0 bridgehead atoms. The summed E-state index contributed by atoms with van der Waals surface area (Å²) < 4.78 is 78.0. The van der Waals surface area contributed by atoms with Gasteiger partial charge in [0.2, 0.25) is 0 Å². The van der Waals surface area contributed by atoms with Crippen LogP contribution in [0.3, 0.4) is 0 Å². The molecule has 2 aromatic carbocycles. The number of rotatable bonds is 5. The number of benzene rings is 2. The number of hydrogen-bond acceptors (Lipinski definition) is 4. The van der Waals surface area contributed by atoms with Crippen molar-refractivity contribution in [3.05, 3.63) is 80.9 Å². The van der Waals surface area contributed by atoms with E-state index in [1.54, 1.807) is 12.1 Å². The Kier molecular flexibility index (Phi) is 6.85. The maximum Gasteiger partial charge on any atom is 0.430 e. The predicted octanol–water partition coefficient (Wildman–Crippen LogP) is 5.59. The average molecular weight is 474 g/mol. The van der Waals surface area contributed by atoms with Crippen molar-refractivity contribution in [1.82, 2.24) is 4.90 Å². The molecule has 1 aliphatic rings. The summed E-state index contributed by atoms with van der Waals surface area (Å²) in [6, 6.07) is 9.76. The number of non-ortho nitro benzene ring substituents is 1. The SMILES string of the molecule is O=[N+]([O-])c1ccc(C=C2CCN(Cc3ccc(C(O)(C(F)(F)F)C(F)(F)F)cc3)CC2)cc1. The van der Waals surface area contributed by atoms with Gasteiger partial charge in [0.25, 0.3) is 11.3 Å². The number of nitrogens with zero attached hydrogens (tertiary/aromatic N) is 2. The van der Waals surface area contributed by atoms with Crippen LogP contribution in [0.2, 0.25) is 0 Å². The highest BCUT2D eigenvalue weighted by Gasteiger charge is 2.71. The van der Waals surface area contributed by atoms with Crippen molar-refractivity contribution in [3.63, 3.8) is 0 Å². The van der Waals surface area contributed by atoms with Crippen molar-refractivity contribution in [2.24, 2.45) is 0 Å². The van der Waals surface area contributed by atoms with E-state index in [0.29, 0.717) is 50.2 Å². The highest BCUT2D eigenvalue weighted by molar-refractivity contribution is 5.55. The Balaban J connectivity index is 1.62. The van der Waals surface area contributed by atoms with Gasteiger partial charge in [-0.3, -0.25) is 15.0 Å². The maximum absolute atomic E-state index is 13.0. The summed E-state index contributed by atoms with van der Waals surface area (Å²) in [5.74, 6) is 0. The van der Waals surface area contributed by atoms with Gasteiger partial charge in [-0.25, -0.2) is 0 Å². The lowest BCUT2D eigenvalue weighted by molar-refractivity contribution is -0.384. The number of aliphatic hydroxyl groups is 1. The first kappa shape index (κ1) is 24.7. The Morgan fingerprint density at radius 2 is 1.42 bits per heavy atom. The van der Waals surface area contributed by atoms with E-state index in [-0.39, 0.29) is 5.69 Å². The summed E-state index contributed by atoms with van der Waals surface area (Å²) in [6.07, 6.45) is -8.46. The smallest absolute Gasteiger partial charge is 0.369 e. The molecular formula is C22H20F6N2O3. The van der Waals surface area contributed by atoms with E-state index in [1.165, 1.54) is 12.1 Å². The molecule has 178 valence electrons. The molecule has 0 unspecified atom stereocenters. The molecule has 0 radical (unpaired) electrons. The maximum atomic E-state index is 13.0. The summed E-state index contributed by atoms with van der Waals surface area (Å²) in [5.41, 5.74) is -3.72. The first-order valence-electron chi connectivity index (χ1n) is 9.93. The zero-order valence-electron chi connectivity index (χ0n) is 17.2. The minimum atomic E-state index is -5.91. The summed E-state index contributed by atoms with van der Waals surface area (Å²) in [5, 5.41) is 20.2. The second-order valence-electron chi connectivity index (χ2n) is 7.83. The Hall–Kier alpha value is -2.92. The van der Waals surface area contributed by atoms with Gasteiger partial charge in [-0.05, 0) is 36.1 Å². The van der Waals surface area contributed by atoms with Crippen molar-refractivity contribution in [2.45, 2.75) is 37.3 Å². The van der Waals surface area contributed by atoms with Crippen LogP contribution in [0.5, 0.6) is 0 Å². The van der Waals surface area contributed by atoms with Crippen molar-refractivity contribution < 1.29 is 36.4 Å². The third kappa shape index (κ3) is 5.36. The topological polar surface area (TPSA) is 66.6 Å². The zero-order chi connectivity index (χ0) is 24.4. The quantitative estimate of drug-likeness (QED) is 0.349. The lowest BCUT2D eigenvalue weighted by atomic mass is 9.91. The summed E-state index contributed by atoms with van der Waals surface area (Å²) in [6.45, 7) is 1.60. The van der Waals surface area contributed by atoms with Gasteiger partial charge in [-0.1, -0.05) is 35.9 Å². The molecule has 11 heteroatoms. The molecule has 1 saturated heterocycles. The monoisotopic (exact) mass is 474 g/mol. The third-order valence-corrected chi connectivity index (χ3v) is 5.57. The predicted molar refractivity (Wildman–Crippen MR) is 108 cm³/mol. The van der Waals surface area contributed by atoms with Crippen LogP contribution in [0.1, 0.15) is 29.5 Å². The third-order valence-electron chi connectivity index (χ3n) is 5.57. The molecule has 1 N–H and O–H groups in total. The van der Waals surface area contributed by atoms with Crippen LogP contribution in [0.25, 0.3) is 6.08 Å². The lowest BCUT2D eigenvalue weighted by Gasteiger charge is -2.33. The minimum Gasteiger partial charge on any atom is -0.369 e. The number of piperidine rings is 1. The molecular weight excluding hydrogens is 454 g/mol. The molecule has 1 aliphatic heterocycles. The summed E-state index contributed by atoms with van der Waals surface area (Å²) in [7, 11) is 0. The molecule has 0 amide bonds. The van der Waals surface area contributed by atoms with Crippen molar-refractivity contribution in [1.29, 1.82) is 0 Å². The van der Waals surface area contributed by atoms with Gasteiger partial charge in [-0.15, -0.1) is 0 Å². The van der Waals surface area contributed by atoms with Crippen LogP contribution in [-0.2, 0) is 12.1 Å². The first-order valence-corrected chi connectivity index (χ1v) is 9.93. The van der Waals surface area contributed by atoms with Gasteiger partial charge in [0.15, 0.2) is 0 Å². The highest BCUT2D eigenvalue weighted by atomic mass is 19.4. The van der Waals surface area contributed by atoms with E-state index in [9.17, 15) is 41.6 Å². The van der Waals surface area contributed by atoms with E-state index in [2.05, 4.69) is 0 Å². The van der Waals surface area contributed by atoms with E-state index >= 15 is 0 Å². The molecule has 1 heterocycles. The Morgan fingerprint density at radius 3 is 1.88 bits per heavy atom. The Labute approximate surface area is 185 Å². The van der Waals surface area contributed by atoms with Gasteiger partial charge in [0.05, 0.1) is 4.92 Å². The number of alkyl halides is 6. The molecule has 3 rings (SSSR count). The van der Waals surface area contributed by atoms with Gasteiger partial charge in [0, 0.05) is 37.3 Å². The van der Waals surface area contributed by atoms with Crippen LogP contribution < -0.4 is 0 Å². The van der Waals surface area contributed by atoms with E-state index in [1.807, 2.05) is 11.0 Å². The summed E-state index contributed by atoms with van der Waals surface area (Å²) in [4.78, 5) is 12.3. The molecule has 0 aromatic heterocycles. The fourth-order valence-electron chi connectivity index (χ4n) is 3.67. The van der Waals surface area contributed by atoms with E-state index in [4.69, 9.17) is 0 Å². The molecule has 0 spiro atoms. The van der Waals surface area contributed by atoms with Crippen molar-refractivity contribution >= 4 is 11.8 Å². The molecule has 0 atom stereocenters. The summed E-state index contributed by atoms with van der Waals surface area (Å²) >= 11 is 0. The number of nitro groups is 1. The molecule has 0 saturated carbocycles. The van der Waals surface area contributed by atoms with Crippen molar-refractivity contribution in [3.8, 4) is 0 Å². The van der Waals surface area contributed by atoms with E-state index in [0.717, 1.165) is 23.3 Å². The molecule has 5 nitrogen and oxygen atoms in total. The minimum absolute atomic E-state index is 0.00175. The van der Waals surface area contributed by atoms with Crippen LogP contribution in [0.4, 0.5) is 32.0 Å². The Morgan fingerprint density at radius 1 is 0.909 bits per heavy atom. The van der Waals surface area contributed by atoms with Gasteiger partial charge >= 0.3 is 12.4 Å². The van der Waals surface area contributed by atoms with Crippen molar-refractivity contribution in [2.75, 3.05) is 13.1 Å². The largest absolute Gasteiger partial charge is 0.430 e. The van der Waals surface area contributed by atoms with Gasteiger partial charge in [-0.2, -0.15) is 26.3 Å². The van der Waals surface area contributed by atoms with E-state index < -0.39 is 28.4 Å². The fourth-order valence-corrected chi connectivity index (χ4v) is 3.67. The normalized spacial score (nSPS) is 16.0. The first-order chi connectivity index (χ1) is 15.3. The number of likely N-dealkylation sites (tertiary alicyclic amines) is 1. The number of halogens is 6. The highest BCUT2D eigenvalue weighted by Crippen LogP contribution is 2.50. The molecule has 0 aliphatic carbocycles. The average Bonchev–Trinajstić information content (AvgIpc) is 2.74. The molecule has 1 fully saturated rings. The molecule has 2 aromatic rings. The molecule has 33 heavy (non-hydrogen) atoms. The number of hydrogen-bond donors (Lipinski definition) is 1. The standard InChI is InChI=1S/C22H20F6N2O3/c23-21(24,25)20(31,22(26,27)28)18-5-1-17(2-6-18)14-29-11-9-16(10-12-29)13-15-3-7-19(8-4-15)30(32)33/h1-8,13,31H,9-12,14H2. The zero-order valence-corrected chi connectivity index (χ0v) is 17.2. The van der Waals surface area contributed by atoms with Crippen LogP contribution in [0.15, 0.2) is 54.1 Å². The Bertz CT molecular complexity index is 990.